The van der Waals surface area contributed by atoms with Gasteiger partial charge in [0.05, 0.1) is 5.69 Å². The molecule has 0 bridgehead atoms. The Morgan fingerprint density at radius 1 is 1.44 bits per heavy atom. The van der Waals surface area contributed by atoms with Crippen molar-refractivity contribution in [2.75, 3.05) is 0 Å². The smallest absolute Gasteiger partial charge is 0.132 e. The van der Waals surface area contributed by atoms with Crippen LogP contribution in [-0.4, -0.2) is 15.6 Å². The van der Waals surface area contributed by atoms with Crippen molar-refractivity contribution < 1.29 is 4.79 Å². The van der Waals surface area contributed by atoms with Gasteiger partial charge in [0, 0.05) is 25.1 Å². The third-order valence-corrected chi connectivity index (χ3v) is 2.61. The molecule has 0 aliphatic carbocycles. The Morgan fingerprint density at radius 2 is 2.19 bits per heavy atom. The molecule has 90 valence electrons. The Labute approximate surface area is 97.8 Å². The van der Waals surface area contributed by atoms with Gasteiger partial charge < -0.3 is 0 Å². The summed E-state index contributed by atoms with van der Waals surface area (Å²) in [7, 11) is 0. The topological polar surface area (TPSA) is 34.9 Å². The predicted octanol–water partition coefficient (Wildman–Crippen LogP) is 3.16. The summed E-state index contributed by atoms with van der Waals surface area (Å²) >= 11 is 0. The first kappa shape index (κ1) is 12.9. The highest BCUT2D eigenvalue weighted by Gasteiger charge is 2.04. The first-order valence-electron chi connectivity index (χ1n) is 6.19. The van der Waals surface area contributed by atoms with Gasteiger partial charge in [0.25, 0.3) is 0 Å². The third kappa shape index (κ3) is 4.17. The van der Waals surface area contributed by atoms with Crippen LogP contribution in [0.4, 0.5) is 0 Å². The maximum absolute atomic E-state index is 11.3. The zero-order valence-electron chi connectivity index (χ0n) is 10.6. The van der Waals surface area contributed by atoms with Crippen LogP contribution in [-0.2, 0) is 11.2 Å². The fourth-order valence-corrected chi connectivity index (χ4v) is 1.67. The van der Waals surface area contributed by atoms with Crippen LogP contribution in [0.3, 0.4) is 0 Å². The van der Waals surface area contributed by atoms with E-state index in [0.717, 1.165) is 31.4 Å². The largest absolute Gasteiger partial charge is 0.300 e. The Hall–Kier alpha value is -1.12. The molecular weight excluding hydrogens is 200 g/mol. The van der Waals surface area contributed by atoms with Gasteiger partial charge in [-0.3, -0.25) is 9.48 Å². The molecule has 0 saturated carbocycles. The highest BCUT2D eigenvalue weighted by molar-refractivity contribution is 5.78. The van der Waals surface area contributed by atoms with E-state index in [-0.39, 0.29) is 0 Å². The number of rotatable bonds is 7. The number of hydrogen-bond donors (Lipinski definition) is 0. The van der Waals surface area contributed by atoms with Crippen molar-refractivity contribution in [1.82, 2.24) is 9.78 Å². The summed E-state index contributed by atoms with van der Waals surface area (Å²) in [5, 5.41) is 4.46. The maximum atomic E-state index is 11.3. The lowest BCUT2D eigenvalue weighted by molar-refractivity contribution is -0.119. The van der Waals surface area contributed by atoms with E-state index >= 15 is 0 Å². The molecule has 3 nitrogen and oxygen atoms in total. The molecule has 0 aliphatic rings. The summed E-state index contributed by atoms with van der Waals surface area (Å²) in [6.45, 7) is 6.27. The first-order valence-corrected chi connectivity index (χ1v) is 6.19. The highest BCUT2D eigenvalue weighted by Crippen LogP contribution is 2.08. The quantitative estimate of drug-likeness (QED) is 0.710. The second-order valence-electron chi connectivity index (χ2n) is 4.52. The van der Waals surface area contributed by atoms with Crippen molar-refractivity contribution in [3.8, 4) is 0 Å². The molecule has 0 unspecified atom stereocenters. The summed E-state index contributed by atoms with van der Waals surface area (Å²) < 4.78 is 1.96. The Balaban J connectivity index is 2.29. The molecule has 16 heavy (non-hydrogen) atoms. The zero-order valence-corrected chi connectivity index (χ0v) is 10.6. The lowest BCUT2D eigenvalue weighted by atomic mass is 10.1. The molecular formula is C13H22N2O. The summed E-state index contributed by atoms with van der Waals surface area (Å²) in [6.07, 6.45) is 6.22. The van der Waals surface area contributed by atoms with Crippen LogP contribution in [0.2, 0.25) is 0 Å². The van der Waals surface area contributed by atoms with Crippen molar-refractivity contribution >= 4 is 5.78 Å². The van der Waals surface area contributed by atoms with Crippen LogP contribution >= 0.6 is 0 Å². The fourth-order valence-electron chi connectivity index (χ4n) is 1.67. The lowest BCUT2D eigenvalue weighted by Gasteiger charge is -2.03. The third-order valence-electron chi connectivity index (χ3n) is 2.61. The fraction of sp³-hybridized carbons (Fsp3) is 0.692. The van der Waals surface area contributed by atoms with Crippen LogP contribution in [0, 0.1) is 0 Å². The van der Waals surface area contributed by atoms with E-state index in [1.807, 2.05) is 23.9 Å². The average molecular weight is 222 g/mol. The number of nitrogens with zero attached hydrogens (tertiary/aromatic N) is 2. The number of Topliss-reactive ketones (excluding diaryl/α,β-unsaturated/α-hetero) is 1. The minimum atomic E-state index is 0.380. The number of ketones is 1. The molecule has 1 aromatic heterocycles. The van der Waals surface area contributed by atoms with E-state index in [1.165, 1.54) is 0 Å². The van der Waals surface area contributed by atoms with Gasteiger partial charge in [-0.1, -0.05) is 6.92 Å². The van der Waals surface area contributed by atoms with Crippen molar-refractivity contribution in [3.05, 3.63) is 18.0 Å². The highest BCUT2D eigenvalue weighted by atomic mass is 16.1. The van der Waals surface area contributed by atoms with Crippen molar-refractivity contribution in [1.29, 1.82) is 0 Å². The van der Waals surface area contributed by atoms with Gasteiger partial charge in [0.15, 0.2) is 0 Å². The summed E-state index contributed by atoms with van der Waals surface area (Å²) in [5.74, 6) is 0.380. The Bertz CT molecular complexity index is 328. The van der Waals surface area contributed by atoms with Crippen LogP contribution < -0.4 is 0 Å². The molecule has 0 aromatic carbocycles. The van der Waals surface area contributed by atoms with Crippen LogP contribution in [0.15, 0.2) is 12.3 Å². The molecule has 0 radical (unpaired) electrons. The first-order chi connectivity index (χ1) is 7.63. The van der Waals surface area contributed by atoms with E-state index in [9.17, 15) is 4.79 Å². The molecule has 1 rings (SSSR count). The van der Waals surface area contributed by atoms with Gasteiger partial charge in [0.2, 0.25) is 0 Å². The molecule has 0 aliphatic heterocycles. The molecule has 1 aromatic rings. The normalized spacial score (nSPS) is 11.0. The minimum Gasteiger partial charge on any atom is -0.300 e. The van der Waals surface area contributed by atoms with Gasteiger partial charge in [-0.05, 0) is 39.2 Å². The van der Waals surface area contributed by atoms with Crippen molar-refractivity contribution in [2.24, 2.45) is 0 Å². The van der Waals surface area contributed by atoms with E-state index in [0.29, 0.717) is 18.2 Å². The van der Waals surface area contributed by atoms with Gasteiger partial charge in [0.1, 0.15) is 5.78 Å². The number of aryl methyl sites for hydroxylation is 1. The van der Waals surface area contributed by atoms with Crippen LogP contribution in [0.25, 0.3) is 0 Å². The van der Waals surface area contributed by atoms with Crippen molar-refractivity contribution in [2.45, 2.75) is 58.9 Å². The standard InChI is InChI=1S/C13H22N2O/c1-4-6-13(16)8-5-7-12-9-10-15(14-12)11(2)3/h9-11H,4-8H2,1-3H3. The predicted molar refractivity (Wildman–Crippen MR) is 65.5 cm³/mol. The molecule has 3 heteroatoms. The monoisotopic (exact) mass is 222 g/mol. The van der Waals surface area contributed by atoms with E-state index < -0.39 is 0 Å². The van der Waals surface area contributed by atoms with Gasteiger partial charge >= 0.3 is 0 Å². The summed E-state index contributed by atoms with van der Waals surface area (Å²) in [6, 6.07) is 2.46. The number of carbonyl (C=O) groups excluding carboxylic acids is 1. The minimum absolute atomic E-state index is 0.380. The zero-order chi connectivity index (χ0) is 12.0. The number of carbonyl (C=O) groups is 1. The Morgan fingerprint density at radius 3 is 2.75 bits per heavy atom. The number of hydrogen-bond acceptors (Lipinski definition) is 2. The average Bonchev–Trinajstić information content (AvgIpc) is 2.67. The number of aromatic nitrogens is 2. The molecule has 0 atom stereocenters. The molecule has 0 amide bonds. The van der Waals surface area contributed by atoms with Crippen molar-refractivity contribution in [3.63, 3.8) is 0 Å². The molecule has 0 spiro atoms. The Kier molecular flexibility index (Phi) is 5.23. The van der Waals surface area contributed by atoms with Gasteiger partial charge in [-0.2, -0.15) is 5.10 Å². The maximum Gasteiger partial charge on any atom is 0.132 e. The van der Waals surface area contributed by atoms with Gasteiger partial charge in [-0.15, -0.1) is 0 Å². The van der Waals surface area contributed by atoms with Gasteiger partial charge in [-0.25, -0.2) is 0 Å². The second kappa shape index (κ2) is 6.46. The molecule has 0 N–H and O–H groups in total. The SMILES string of the molecule is CCCC(=O)CCCc1ccn(C(C)C)n1. The van der Waals surface area contributed by atoms with Crippen LogP contribution in [0.1, 0.15) is 58.2 Å². The molecule has 1 heterocycles. The molecule has 0 saturated heterocycles. The summed E-state index contributed by atoms with van der Waals surface area (Å²) in [5.41, 5.74) is 1.10. The molecule has 0 fully saturated rings. The van der Waals surface area contributed by atoms with E-state index in [1.54, 1.807) is 0 Å². The second-order valence-corrected chi connectivity index (χ2v) is 4.52. The lowest BCUT2D eigenvalue weighted by Crippen LogP contribution is -2.02. The summed E-state index contributed by atoms with van der Waals surface area (Å²) in [4.78, 5) is 11.3. The van der Waals surface area contributed by atoms with E-state index in [4.69, 9.17) is 0 Å². The van der Waals surface area contributed by atoms with E-state index in [2.05, 4.69) is 18.9 Å². The van der Waals surface area contributed by atoms with Crippen LogP contribution in [0.5, 0.6) is 0 Å².